The maximum absolute atomic E-state index is 3.58. The van der Waals surface area contributed by atoms with Crippen LogP contribution in [0.3, 0.4) is 0 Å². The van der Waals surface area contributed by atoms with E-state index < -0.39 is 0 Å². The highest BCUT2D eigenvalue weighted by molar-refractivity contribution is 4.86. The number of hydrogen-bond donors (Lipinski definition) is 1. The lowest BCUT2D eigenvalue weighted by atomic mass is 9.97. The second kappa shape index (κ2) is 6.55. The standard InChI is InChI=1S/C16H33N3/c1-16(2,3)19-11-9-18(10-12-19)13-15(17-4)14-7-5-6-8-14/h14-15,17H,5-13H2,1-4H3. The third kappa shape index (κ3) is 4.17. The van der Waals surface area contributed by atoms with Crippen LogP contribution in [0.15, 0.2) is 0 Å². The fraction of sp³-hybridized carbons (Fsp3) is 1.00. The van der Waals surface area contributed by atoms with E-state index in [2.05, 4.69) is 42.9 Å². The first-order chi connectivity index (χ1) is 9.00. The molecule has 2 fully saturated rings. The highest BCUT2D eigenvalue weighted by Crippen LogP contribution is 2.28. The molecule has 112 valence electrons. The van der Waals surface area contributed by atoms with Gasteiger partial charge < -0.3 is 5.32 Å². The van der Waals surface area contributed by atoms with Crippen LogP contribution in [0.25, 0.3) is 0 Å². The van der Waals surface area contributed by atoms with Crippen molar-refractivity contribution in [2.75, 3.05) is 39.8 Å². The van der Waals surface area contributed by atoms with E-state index in [9.17, 15) is 0 Å². The molecule has 2 aliphatic rings. The Bertz CT molecular complexity index is 258. The second-order valence-electron chi connectivity index (χ2n) is 7.40. The fourth-order valence-corrected chi connectivity index (χ4v) is 3.72. The van der Waals surface area contributed by atoms with Crippen LogP contribution in [0, 0.1) is 5.92 Å². The first-order valence-corrected chi connectivity index (χ1v) is 8.15. The lowest BCUT2D eigenvalue weighted by Crippen LogP contribution is -2.55. The smallest absolute Gasteiger partial charge is 0.0220 e. The summed E-state index contributed by atoms with van der Waals surface area (Å²) >= 11 is 0. The summed E-state index contributed by atoms with van der Waals surface area (Å²) in [7, 11) is 2.15. The van der Waals surface area contributed by atoms with E-state index in [-0.39, 0.29) is 0 Å². The predicted molar refractivity (Wildman–Crippen MR) is 82.6 cm³/mol. The Hall–Kier alpha value is -0.120. The van der Waals surface area contributed by atoms with Crippen molar-refractivity contribution in [3.05, 3.63) is 0 Å². The van der Waals surface area contributed by atoms with Crippen molar-refractivity contribution in [1.82, 2.24) is 15.1 Å². The largest absolute Gasteiger partial charge is 0.315 e. The molecule has 0 aromatic carbocycles. The van der Waals surface area contributed by atoms with Crippen LogP contribution >= 0.6 is 0 Å². The summed E-state index contributed by atoms with van der Waals surface area (Å²) in [6.45, 7) is 13.2. The molecule has 3 nitrogen and oxygen atoms in total. The Morgan fingerprint density at radius 2 is 1.63 bits per heavy atom. The molecule has 2 rings (SSSR count). The average molecular weight is 267 g/mol. The van der Waals surface area contributed by atoms with Gasteiger partial charge in [0.05, 0.1) is 0 Å². The molecule has 0 spiro atoms. The lowest BCUT2D eigenvalue weighted by Gasteiger charge is -2.43. The van der Waals surface area contributed by atoms with Gasteiger partial charge >= 0.3 is 0 Å². The molecule has 3 heteroatoms. The molecule has 19 heavy (non-hydrogen) atoms. The van der Waals surface area contributed by atoms with Crippen molar-refractivity contribution >= 4 is 0 Å². The molecule has 1 atom stereocenters. The third-order valence-electron chi connectivity index (χ3n) is 5.12. The van der Waals surface area contributed by atoms with E-state index in [1.807, 2.05) is 0 Å². The maximum Gasteiger partial charge on any atom is 0.0220 e. The Labute approximate surface area is 119 Å². The molecule has 0 aromatic heterocycles. The monoisotopic (exact) mass is 267 g/mol. The topological polar surface area (TPSA) is 18.5 Å². The van der Waals surface area contributed by atoms with Gasteiger partial charge in [0.15, 0.2) is 0 Å². The highest BCUT2D eigenvalue weighted by Gasteiger charge is 2.29. The Balaban J connectivity index is 1.77. The van der Waals surface area contributed by atoms with Gasteiger partial charge in [0.2, 0.25) is 0 Å². The van der Waals surface area contributed by atoms with E-state index in [0.717, 1.165) is 5.92 Å². The van der Waals surface area contributed by atoms with E-state index in [1.54, 1.807) is 0 Å². The number of nitrogens with one attached hydrogen (secondary N) is 1. The zero-order chi connectivity index (χ0) is 13.9. The van der Waals surface area contributed by atoms with Crippen LogP contribution in [0.1, 0.15) is 46.5 Å². The molecule has 0 amide bonds. The quantitative estimate of drug-likeness (QED) is 0.842. The number of hydrogen-bond acceptors (Lipinski definition) is 3. The third-order valence-corrected chi connectivity index (χ3v) is 5.12. The molecule has 1 heterocycles. The molecular weight excluding hydrogens is 234 g/mol. The molecule has 1 N–H and O–H groups in total. The van der Waals surface area contributed by atoms with Gasteiger partial charge in [-0.25, -0.2) is 0 Å². The van der Waals surface area contributed by atoms with Crippen molar-refractivity contribution < 1.29 is 0 Å². The minimum Gasteiger partial charge on any atom is -0.315 e. The Morgan fingerprint density at radius 3 is 2.11 bits per heavy atom. The van der Waals surface area contributed by atoms with Gasteiger partial charge in [-0.15, -0.1) is 0 Å². The van der Waals surface area contributed by atoms with Crippen LogP contribution in [0.5, 0.6) is 0 Å². The van der Waals surface area contributed by atoms with E-state index >= 15 is 0 Å². The summed E-state index contributed by atoms with van der Waals surface area (Å²) in [4.78, 5) is 5.29. The summed E-state index contributed by atoms with van der Waals surface area (Å²) in [5.74, 6) is 0.922. The van der Waals surface area contributed by atoms with Crippen LogP contribution in [0.4, 0.5) is 0 Å². The second-order valence-corrected chi connectivity index (χ2v) is 7.40. The summed E-state index contributed by atoms with van der Waals surface area (Å²) in [6.07, 6.45) is 5.77. The average Bonchev–Trinajstić information content (AvgIpc) is 2.89. The van der Waals surface area contributed by atoms with Crippen molar-refractivity contribution in [2.24, 2.45) is 5.92 Å². The van der Waals surface area contributed by atoms with Crippen molar-refractivity contribution in [3.63, 3.8) is 0 Å². The lowest BCUT2D eigenvalue weighted by molar-refractivity contribution is 0.0550. The van der Waals surface area contributed by atoms with Gasteiger partial charge in [-0.1, -0.05) is 12.8 Å². The minimum atomic E-state index is 0.333. The van der Waals surface area contributed by atoms with Crippen molar-refractivity contribution in [1.29, 1.82) is 0 Å². The fourth-order valence-electron chi connectivity index (χ4n) is 3.72. The normalized spacial score (nSPS) is 25.9. The molecular formula is C16H33N3. The molecule has 0 radical (unpaired) electrons. The summed E-state index contributed by atoms with van der Waals surface area (Å²) in [5, 5.41) is 3.58. The van der Waals surface area contributed by atoms with Gasteiger partial charge in [-0.2, -0.15) is 0 Å². The number of nitrogens with zero attached hydrogens (tertiary/aromatic N) is 2. The molecule has 1 unspecified atom stereocenters. The zero-order valence-electron chi connectivity index (χ0n) is 13.4. The van der Waals surface area contributed by atoms with E-state index in [1.165, 1.54) is 58.4 Å². The van der Waals surface area contributed by atoms with Gasteiger partial charge in [-0.05, 0) is 46.6 Å². The molecule has 1 aliphatic carbocycles. The SMILES string of the molecule is CNC(CN1CCN(C(C)(C)C)CC1)C1CCCC1. The highest BCUT2D eigenvalue weighted by atomic mass is 15.3. The van der Waals surface area contributed by atoms with Crippen LogP contribution in [-0.4, -0.2) is 61.2 Å². The number of rotatable bonds is 4. The van der Waals surface area contributed by atoms with Gasteiger partial charge in [0.1, 0.15) is 0 Å². The van der Waals surface area contributed by atoms with E-state index in [0.29, 0.717) is 11.6 Å². The van der Waals surface area contributed by atoms with Gasteiger partial charge in [0.25, 0.3) is 0 Å². The first-order valence-electron chi connectivity index (χ1n) is 8.15. The molecule has 1 saturated heterocycles. The van der Waals surface area contributed by atoms with Gasteiger partial charge in [0, 0.05) is 44.3 Å². The molecule has 1 aliphatic heterocycles. The Kier molecular flexibility index (Phi) is 5.27. The minimum absolute atomic E-state index is 0.333. The van der Waals surface area contributed by atoms with Crippen LogP contribution < -0.4 is 5.32 Å². The maximum atomic E-state index is 3.58. The van der Waals surface area contributed by atoms with Gasteiger partial charge in [-0.3, -0.25) is 9.80 Å². The first kappa shape index (κ1) is 15.3. The summed E-state index contributed by atoms with van der Waals surface area (Å²) in [6, 6.07) is 0.712. The Morgan fingerprint density at radius 1 is 1.05 bits per heavy atom. The zero-order valence-corrected chi connectivity index (χ0v) is 13.4. The molecule has 0 aromatic rings. The summed E-state index contributed by atoms with van der Waals surface area (Å²) in [5.41, 5.74) is 0.333. The van der Waals surface area contributed by atoms with Crippen molar-refractivity contribution in [2.45, 2.75) is 58.0 Å². The summed E-state index contributed by atoms with van der Waals surface area (Å²) < 4.78 is 0. The number of likely N-dealkylation sites (N-methyl/N-ethyl adjacent to an activating group) is 1. The van der Waals surface area contributed by atoms with Crippen LogP contribution in [-0.2, 0) is 0 Å². The van der Waals surface area contributed by atoms with Crippen molar-refractivity contribution in [3.8, 4) is 0 Å². The van der Waals surface area contributed by atoms with E-state index in [4.69, 9.17) is 0 Å². The predicted octanol–water partition coefficient (Wildman–Crippen LogP) is 2.18. The molecule has 1 saturated carbocycles. The molecule has 0 bridgehead atoms. The van der Waals surface area contributed by atoms with Crippen LogP contribution in [0.2, 0.25) is 0 Å². The number of piperazine rings is 1.